The first-order valence-electron chi connectivity index (χ1n) is 7.39. The largest absolute Gasteiger partial charge is 0.373 e. The van der Waals surface area contributed by atoms with Crippen LogP contribution < -0.4 is 5.32 Å². The average Bonchev–Trinajstić information content (AvgIpc) is 3.09. The van der Waals surface area contributed by atoms with Gasteiger partial charge in [-0.05, 0) is 31.5 Å². The second kappa shape index (κ2) is 5.44. The number of fused-ring (bicyclic) bond motifs is 2. The number of rotatable bonds is 3. The lowest BCUT2D eigenvalue weighted by molar-refractivity contribution is -0.0416. The molecule has 1 N–H and O–H groups in total. The fraction of sp³-hybridized carbons (Fsp3) is 0.571. The van der Waals surface area contributed by atoms with E-state index in [0.717, 1.165) is 25.3 Å². The number of ether oxygens (including phenoxy) is 1. The summed E-state index contributed by atoms with van der Waals surface area (Å²) in [4.78, 5) is 6.95. The van der Waals surface area contributed by atoms with Crippen LogP contribution in [0.2, 0.25) is 5.02 Å². The van der Waals surface area contributed by atoms with E-state index in [1.165, 1.54) is 19.4 Å². The molecule has 4 rings (SSSR count). The zero-order chi connectivity index (χ0) is 14.2. The van der Waals surface area contributed by atoms with E-state index in [4.69, 9.17) is 16.3 Å². The van der Waals surface area contributed by atoms with E-state index in [1.807, 2.05) is 12.1 Å². The highest BCUT2D eigenvalue weighted by atomic mass is 35.5. The molecule has 21 heavy (non-hydrogen) atoms. The summed E-state index contributed by atoms with van der Waals surface area (Å²) in [6, 6.07) is 4.30. The zero-order valence-electron chi connectivity index (χ0n) is 11.7. The summed E-state index contributed by atoms with van der Waals surface area (Å²) in [5.41, 5.74) is 0.783. The van der Waals surface area contributed by atoms with Crippen LogP contribution in [0.5, 0.6) is 0 Å². The molecule has 0 amide bonds. The first-order valence-corrected chi connectivity index (χ1v) is 7.77. The van der Waals surface area contributed by atoms with E-state index < -0.39 is 0 Å². The van der Waals surface area contributed by atoms with E-state index in [9.17, 15) is 0 Å². The maximum absolute atomic E-state index is 5.94. The van der Waals surface area contributed by atoms with E-state index in [0.29, 0.717) is 17.0 Å². The molecule has 0 aromatic carbocycles. The van der Waals surface area contributed by atoms with Gasteiger partial charge >= 0.3 is 0 Å². The van der Waals surface area contributed by atoms with Gasteiger partial charge in [0.25, 0.3) is 0 Å². The van der Waals surface area contributed by atoms with Crippen LogP contribution in [0, 0.1) is 0 Å². The number of anilines is 1. The van der Waals surface area contributed by atoms with Crippen molar-refractivity contribution in [1.29, 1.82) is 0 Å². The molecule has 0 aliphatic carbocycles. The lowest BCUT2D eigenvalue weighted by Crippen LogP contribution is -2.48. The third-order valence-electron chi connectivity index (χ3n) is 4.24. The molecule has 0 spiro atoms. The summed E-state index contributed by atoms with van der Waals surface area (Å²) in [5.74, 6) is 0.615. The molecular weight excluding hydrogens is 290 g/mol. The average molecular weight is 308 g/mol. The zero-order valence-corrected chi connectivity index (χ0v) is 12.5. The standard InChI is InChI=1S/C14H18ClN5O/c15-10-3-4-13-17-14(18-20(13)7-10)16-6-12-8-19-5-1-2-11(19)9-21-12/h3-4,7,11-12H,1-2,5-6,8-9H2,(H,16,18). The maximum Gasteiger partial charge on any atom is 0.243 e. The molecule has 0 radical (unpaired) electrons. The number of hydrogen-bond acceptors (Lipinski definition) is 5. The molecule has 2 atom stereocenters. The van der Waals surface area contributed by atoms with Gasteiger partial charge in [-0.2, -0.15) is 4.98 Å². The van der Waals surface area contributed by atoms with Crippen LogP contribution in [-0.4, -0.2) is 57.9 Å². The fourth-order valence-electron chi connectivity index (χ4n) is 3.15. The van der Waals surface area contributed by atoms with E-state index in [-0.39, 0.29) is 6.10 Å². The summed E-state index contributed by atoms with van der Waals surface area (Å²) in [6.45, 7) is 3.78. The van der Waals surface area contributed by atoms with Crippen molar-refractivity contribution in [2.24, 2.45) is 0 Å². The Kier molecular flexibility index (Phi) is 3.45. The molecule has 4 heterocycles. The second-order valence-electron chi connectivity index (χ2n) is 5.71. The van der Waals surface area contributed by atoms with Crippen LogP contribution in [0.3, 0.4) is 0 Å². The third kappa shape index (κ3) is 2.71. The molecule has 7 heteroatoms. The quantitative estimate of drug-likeness (QED) is 0.934. The van der Waals surface area contributed by atoms with Crippen molar-refractivity contribution in [3.05, 3.63) is 23.4 Å². The molecule has 2 aliphatic heterocycles. The van der Waals surface area contributed by atoms with Crippen molar-refractivity contribution >= 4 is 23.2 Å². The first-order chi connectivity index (χ1) is 10.3. The van der Waals surface area contributed by atoms with Gasteiger partial charge < -0.3 is 10.1 Å². The van der Waals surface area contributed by atoms with E-state index in [2.05, 4.69) is 20.3 Å². The number of morpholine rings is 1. The Morgan fingerprint density at radius 3 is 3.33 bits per heavy atom. The highest BCUT2D eigenvalue weighted by Crippen LogP contribution is 2.22. The third-order valence-corrected chi connectivity index (χ3v) is 4.47. The van der Waals surface area contributed by atoms with Gasteiger partial charge in [-0.3, -0.25) is 4.90 Å². The molecule has 2 aliphatic rings. The molecule has 112 valence electrons. The molecule has 0 bridgehead atoms. The Balaban J connectivity index is 1.39. The van der Waals surface area contributed by atoms with Gasteiger partial charge in [-0.1, -0.05) is 11.6 Å². The molecule has 2 saturated heterocycles. The molecule has 2 unspecified atom stereocenters. The van der Waals surface area contributed by atoms with Gasteiger partial charge in [-0.25, -0.2) is 4.52 Å². The Labute approximate surface area is 128 Å². The minimum absolute atomic E-state index is 0.203. The second-order valence-corrected chi connectivity index (χ2v) is 6.15. The Morgan fingerprint density at radius 1 is 1.43 bits per heavy atom. The van der Waals surface area contributed by atoms with E-state index >= 15 is 0 Å². The first kappa shape index (κ1) is 13.3. The molecule has 2 aromatic heterocycles. The van der Waals surface area contributed by atoms with Gasteiger partial charge in [0, 0.05) is 25.3 Å². The number of nitrogens with zero attached hydrogens (tertiary/aromatic N) is 4. The monoisotopic (exact) mass is 307 g/mol. The van der Waals surface area contributed by atoms with Gasteiger partial charge in [0.15, 0.2) is 5.65 Å². The topological polar surface area (TPSA) is 54.7 Å². The maximum atomic E-state index is 5.94. The summed E-state index contributed by atoms with van der Waals surface area (Å²) < 4.78 is 7.60. The highest BCUT2D eigenvalue weighted by molar-refractivity contribution is 6.30. The number of pyridine rings is 1. The van der Waals surface area contributed by atoms with Crippen molar-refractivity contribution in [2.45, 2.75) is 25.0 Å². The van der Waals surface area contributed by atoms with Crippen LogP contribution in [0.4, 0.5) is 5.95 Å². The summed E-state index contributed by atoms with van der Waals surface area (Å²) in [5, 5.41) is 8.28. The Morgan fingerprint density at radius 2 is 2.38 bits per heavy atom. The lowest BCUT2D eigenvalue weighted by atomic mass is 10.2. The van der Waals surface area contributed by atoms with Gasteiger partial charge in [0.05, 0.1) is 17.7 Å². The van der Waals surface area contributed by atoms with Crippen molar-refractivity contribution in [1.82, 2.24) is 19.5 Å². The van der Waals surface area contributed by atoms with E-state index in [1.54, 1.807) is 10.7 Å². The molecular formula is C14H18ClN5O. The van der Waals surface area contributed by atoms with Gasteiger partial charge in [0.2, 0.25) is 5.95 Å². The molecule has 6 nitrogen and oxygen atoms in total. The van der Waals surface area contributed by atoms with Gasteiger partial charge in [0.1, 0.15) is 0 Å². The van der Waals surface area contributed by atoms with Crippen molar-refractivity contribution in [3.8, 4) is 0 Å². The number of hydrogen-bond donors (Lipinski definition) is 1. The number of aromatic nitrogens is 3. The summed E-state index contributed by atoms with van der Waals surface area (Å²) in [7, 11) is 0. The van der Waals surface area contributed by atoms with Crippen LogP contribution in [0.15, 0.2) is 18.3 Å². The predicted octanol–water partition coefficient (Wildman–Crippen LogP) is 1.66. The smallest absolute Gasteiger partial charge is 0.243 e. The van der Waals surface area contributed by atoms with Crippen molar-refractivity contribution < 1.29 is 4.74 Å². The number of nitrogens with one attached hydrogen (secondary N) is 1. The Bertz CT molecular complexity index is 645. The molecule has 2 aromatic rings. The minimum atomic E-state index is 0.203. The normalized spacial score (nSPS) is 26.1. The van der Waals surface area contributed by atoms with Crippen molar-refractivity contribution in [2.75, 3.05) is 31.6 Å². The van der Waals surface area contributed by atoms with Crippen molar-refractivity contribution in [3.63, 3.8) is 0 Å². The highest BCUT2D eigenvalue weighted by Gasteiger charge is 2.32. The number of halogens is 1. The van der Waals surface area contributed by atoms with Crippen LogP contribution in [0.1, 0.15) is 12.8 Å². The SMILES string of the molecule is Clc1ccc2nc(NCC3CN4CCCC4CO3)nn2c1. The van der Waals surface area contributed by atoms with Gasteiger partial charge in [-0.15, -0.1) is 5.10 Å². The fourth-order valence-corrected chi connectivity index (χ4v) is 3.30. The summed E-state index contributed by atoms with van der Waals surface area (Å²) in [6.07, 6.45) is 4.52. The van der Waals surface area contributed by atoms with Crippen LogP contribution in [-0.2, 0) is 4.74 Å². The Hall–Kier alpha value is -1.37. The van der Waals surface area contributed by atoms with Crippen LogP contribution in [0.25, 0.3) is 5.65 Å². The minimum Gasteiger partial charge on any atom is -0.373 e. The predicted molar refractivity (Wildman–Crippen MR) is 80.8 cm³/mol. The molecule has 2 fully saturated rings. The lowest BCUT2D eigenvalue weighted by Gasteiger charge is -2.35. The summed E-state index contributed by atoms with van der Waals surface area (Å²) >= 11 is 5.94. The molecule has 0 saturated carbocycles. The van der Waals surface area contributed by atoms with Crippen LogP contribution >= 0.6 is 11.6 Å².